The van der Waals surface area contributed by atoms with Crippen LogP contribution in [0.4, 0.5) is 11.4 Å². The lowest BCUT2D eigenvalue weighted by Gasteiger charge is -2.37. The van der Waals surface area contributed by atoms with Gasteiger partial charge in [0.2, 0.25) is 0 Å². The summed E-state index contributed by atoms with van der Waals surface area (Å²) in [5, 5.41) is 4.13. The van der Waals surface area contributed by atoms with Gasteiger partial charge in [0.05, 0.1) is 5.56 Å². The van der Waals surface area contributed by atoms with Crippen molar-refractivity contribution in [2.45, 2.75) is 51.7 Å². The van der Waals surface area contributed by atoms with Gasteiger partial charge in [-0.2, -0.15) is 0 Å². The third-order valence-corrected chi connectivity index (χ3v) is 8.22. The number of esters is 1. The Bertz CT molecular complexity index is 1560. The number of rotatable bonds is 10. The second-order valence-corrected chi connectivity index (χ2v) is 11.3. The van der Waals surface area contributed by atoms with E-state index in [9.17, 15) is 4.79 Å². The van der Waals surface area contributed by atoms with Crippen molar-refractivity contribution < 1.29 is 14.3 Å². The lowest BCUT2D eigenvalue weighted by atomic mass is 9.77. The summed E-state index contributed by atoms with van der Waals surface area (Å²) in [5.41, 5.74) is 4.90. The maximum Gasteiger partial charge on any atom is 0.340 e. The molecule has 1 N–H and O–H groups in total. The van der Waals surface area contributed by atoms with E-state index < -0.39 is 5.60 Å². The second-order valence-electron chi connectivity index (χ2n) is 10.9. The van der Waals surface area contributed by atoms with Crippen molar-refractivity contribution in [3.8, 4) is 11.5 Å². The summed E-state index contributed by atoms with van der Waals surface area (Å²) < 4.78 is 13.0. The maximum atomic E-state index is 13.3. The molecule has 0 aliphatic carbocycles. The van der Waals surface area contributed by atoms with E-state index in [4.69, 9.17) is 21.1 Å². The predicted octanol–water partition coefficient (Wildman–Crippen LogP) is 9.05. The van der Waals surface area contributed by atoms with Crippen LogP contribution in [0.25, 0.3) is 0 Å². The number of hydrogen-bond donors (Lipinski definition) is 1. The number of benzene rings is 4. The minimum atomic E-state index is -1.10. The molecular weight excluding hydrogens is 532 g/mol. The average Bonchev–Trinajstić information content (AvgIpc) is 3.28. The Labute approximate surface area is 247 Å². The van der Waals surface area contributed by atoms with E-state index in [0.717, 1.165) is 53.4 Å². The Morgan fingerprint density at radius 2 is 1.51 bits per heavy atom. The van der Waals surface area contributed by atoms with Crippen molar-refractivity contribution in [3.05, 3.63) is 118 Å². The van der Waals surface area contributed by atoms with Gasteiger partial charge >= 0.3 is 5.97 Å². The van der Waals surface area contributed by atoms with E-state index in [1.54, 1.807) is 0 Å². The average molecular weight is 567 g/mol. The fraction of sp³-hybridized carbons (Fsp3) is 0.286. The molecule has 1 atom stereocenters. The van der Waals surface area contributed by atoms with Gasteiger partial charge in [-0.3, -0.25) is 4.90 Å². The van der Waals surface area contributed by atoms with Gasteiger partial charge in [-0.1, -0.05) is 68.6 Å². The number of unbranched alkanes of at least 4 members (excludes halogenated alkanes) is 2. The number of carbonyl (C=O) groups excluding carboxylic acids is 1. The number of halogens is 1. The highest BCUT2D eigenvalue weighted by Crippen LogP contribution is 2.56. The predicted molar refractivity (Wildman–Crippen MR) is 165 cm³/mol. The summed E-state index contributed by atoms with van der Waals surface area (Å²) in [7, 11) is 0. The van der Waals surface area contributed by atoms with Crippen LogP contribution in [0.15, 0.2) is 84.9 Å². The molecule has 41 heavy (non-hydrogen) atoms. The van der Waals surface area contributed by atoms with Gasteiger partial charge in [0, 0.05) is 39.6 Å². The summed E-state index contributed by atoms with van der Waals surface area (Å²) in [6.45, 7) is 7.49. The Hall–Kier alpha value is -3.80. The third kappa shape index (κ3) is 5.20. The standard InChI is InChI=1S/C35H35ClN2O3/c1-3-5-19-38(20-6-4-2)23-24-11-17-30-33(21-24)40-32-18-16-27(37-26-14-12-25(36)13-15-26)22-31(32)35(30)29-10-8-7-9-28(29)34(39)41-35/h7-18,21-22,37H,3-6,19-20,23H2,1-2H3. The molecule has 1 spiro atoms. The third-order valence-electron chi connectivity index (χ3n) is 7.97. The molecule has 2 heterocycles. The number of nitrogens with one attached hydrogen (secondary N) is 1. The number of ether oxygens (including phenoxy) is 2. The van der Waals surface area contributed by atoms with Gasteiger partial charge in [-0.25, -0.2) is 4.79 Å². The molecular formula is C35H35ClN2O3. The summed E-state index contributed by atoms with van der Waals surface area (Å²) in [5.74, 6) is 1.07. The van der Waals surface area contributed by atoms with Gasteiger partial charge in [0.25, 0.3) is 0 Å². The minimum Gasteiger partial charge on any atom is -0.456 e. The maximum absolute atomic E-state index is 13.3. The molecule has 1 unspecified atom stereocenters. The van der Waals surface area contributed by atoms with Crippen LogP contribution < -0.4 is 10.1 Å². The van der Waals surface area contributed by atoms with Crippen LogP contribution in [0.1, 0.15) is 72.1 Å². The summed E-state index contributed by atoms with van der Waals surface area (Å²) >= 11 is 6.09. The summed E-state index contributed by atoms with van der Waals surface area (Å²) in [6.07, 6.45) is 4.71. The fourth-order valence-corrected chi connectivity index (χ4v) is 6.01. The first-order chi connectivity index (χ1) is 20.0. The lowest BCUT2D eigenvalue weighted by Crippen LogP contribution is -2.33. The zero-order valence-corrected chi connectivity index (χ0v) is 24.3. The Balaban J connectivity index is 1.42. The van der Waals surface area contributed by atoms with Gasteiger partial charge in [0.1, 0.15) is 11.5 Å². The Kier molecular flexibility index (Phi) is 7.74. The molecule has 6 rings (SSSR count). The quantitative estimate of drug-likeness (QED) is 0.194. The van der Waals surface area contributed by atoms with Crippen molar-refractivity contribution in [1.29, 1.82) is 0 Å². The zero-order valence-electron chi connectivity index (χ0n) is 23.6. The lowest BCUT2D eigenvalue weighted by molar-refractivity contribution is 0.0224. The van der Waals surface area contributed by atoms with E-state index >= 15 is 0 Å². The largest absolute Gasteiger partial charge is 0.456 e. The van der Waals surface area contributed by atoms with Crippen molar-refractivity contribution in [1.82, 2.24) is 4.90 Å². The molecule has 2 aliphatic rings. The van der Waals surface area contributed by atoms with Gasteiger partial charge in [-0.05, 0) is 86.1 Å². The van der Waals surface area contributed by atoms with Crippen LogP contribution in [-0.2, 0) is 16.9 Å². The number of nitrogens with zero attached hydrogens (tertiary/aromatic N) is 1. The van der Waals surface area contributed by atoms with E-state index in [1.807, 2.05) is 66.7 Å². The first-order valence-electron chi connectivity index (χ1n) is 14.6. The molecule has 0 fully saturated rings. The first-order valence-corrected chi connectivity index (χ1v) is 14.9. The Morgan fingerprint density at radius 3 is 2.27 bits per heavy atom. The molecule has 0 radical (unpaired) electrons. The molecule has 6 heteroatoms. The van der Waals surface area contributed by atoms with Crippen molar-refractivity contribution >= 4 is 28.9 Å². The molecule has 2 aliphatic heterocycles. The number of fused-ring (bicyclic) bond motifs is 6. The molecule has 5 nitrogen and oxygen atoms in total. The highest BCUT2D eigenvalue weighted by atomic mass is 35.5. The van der Waals surface area contributed by atoms with E-state index in [-0.39, 0.29) is 5.97 Å². The number of hydrogen-bond acceptors (Lipinski definition) is 5. The molecule has 210 valence electrons. The molecule has 0 amide bonds. The second kappa shape index (κ2) is 11.6. The van der Waals surface area contributed by atoms with E-state index in [1.165, 1.54) is 31.2 Å². The molecule has 0 saturated carbocycles. The molecule has 0 bridgehead atoms. The van der Waals surface area contributed by atoms with Gasteiger partial charge in [-0.15, -0.1) is 0 Å². The monoisotopic (exact) mass is 566 g/mol. The minimum absolute atomic E-state index is 0.329. The molecule has 4 aromatic rings. The Morgan fingerprint density at radius 1 is 0.780 bits per heavy atom. The van der Waals surface area contributed by atoms with Gasteiger partial charge in [0.15, 0.2) is 5.60 Å². The topological polar surface area (TPSA) is 50.8 Å². The normalized spacial score (nSPS) is 16.6. The van der Waals surface area contributed by atoms with Crippen LogP contribution in [-0.4, -0.2) is 24.0 Å². The van der Waals surface area contributed by atoms with Gasteiger partial charge < -0.3 is 14.8 Å². The van der Waals surface area contributed by atoms with E-state index in [0.29, 0.717) is 16.3 Å². The van der Waals surface area contributed by atoms with Crippen LogP contribution in [0.2, 0.25) is 5.02 Å². The molecule has 0 aromatic heterocycles. The van der Waals surface area contributed by atoms with Crippen LogP contribution in [0, 0.1) is 0 Å². The SMILES string of the molecule is CCCCN(CCCC)Cc1ccc2c(c1)Oc1ccc(Nc3ccc(Cl)cc3)cc1C21OC(=O)c2ccccc21. The van der Waals surface area contributed by atoms with Crippen molar-refractivity contribution in [2.75, 3.05) is 18.4 Å². The molecule has 0 saturated heterocycles. The smallest absolute Gasteiger partial charge is 0.340 e. The highest BCUT2D eigenvalue weighted by Gasteiger charge is 2.53. The van der Waals surface area contributed by atoms with Crippen LogP contribution >= 0.6 is 11.6 Å². The summed E-state index contributed by atoms with van der Waals surface area (Å²) in [4.78, 5) is 15.8. The number of carbonyl (C=O) groups is 1. The zero-order chi connectivity index (χ0) is 28.4. The summed E-state index contributed by atoms with van der Waals surface area (Å²) in [6, 6.07) is 27.5. The fourth-order valence-electron chi connectivity index (χ4n) is 5.88. The van der Waals surface area contributed by atoms with E-state index in [2.05, 4.69) is 42.3 Å². The van der Waals surface area contributed by atoms with Crippen LogP contribution in [0.3, 0.4) is 0 Å². The number of anilines is 2. The van der Waals surface area contributed by atoms with Crippen LogP contribution in [0.5, 0.6) is 11.5 Å². The van der Waals surface area contributed by atoms with Crippen molar-refractivity contribution in [3.63, 3.8) is 0 Å². The van der Waals surface area contributed by atoms with Crippen molar-refractivity contribution in [2.24, 2.45) is 0 Å². The first kappa shape index (κ1) is 27.4. The highest BCUT2D eigenvalue weighted by molar-refractivity contribution is 6.30. The molecule has 4 aromatic carbocycles.